The standard InChI is InChI=1S/C27H33N5O3S/c33-27-26(29-23-12-6-2-7-13-23)25(20-28-32(27)24-14-8-3-9-15-24)30-16-18-31(19-17-30)36(34,35)21-22-10-4-1-5-11-22/h1,3-5,8-11,14-15,20,23,29H,2,6-7,12-13,16-19,21H2. The predicted octanol–water partition coefficient (Wildman–Crippen LogP) is 3.63. The molecule has 0 bridgehead atoms. The van der Waals surface area contributed by atoms with E-state index in [4.69, 9.17) is 0 Å². The Hall–Kier alpha value is -3.17. The number of aromatic nitrogens is 2. The third-order valence-electron chi connectivity index (χ3n) is 7.08. The molecule has 0 amide bonds. The number of para-hydroxylation sites is 1. The van der Waals surface area contributed by atoms with Crippen molar-refractivity contribution >= 4 is 21.4 Å². The van der Waals surface area contributed by atoms with E-state index in [2.05, 4.69) is 15.3 Å². The van der Waals surface area contributed by atoms with Gasteiger partial charge in [-0.25, -0.2) is 8.42 Å². The first-order valence-electron chi connectivity index (χ1n) is 12.7. The van der Waals surface area contributed by atoms with Crippen molar-refractivity contribution in [2.24, 2.45) is 0 Å². The van der Waals surface area contributed by atoms with Crippen molar-refractivity contribution in [3.8, 4) is 5.69 Å². The minimum absolute atomic E-state index is 0.00297. The number of nitrogens with zero attached hydrogens (tertiary/aromatic N) is 4. The summed E-state index contributed by atoms with van der Waals surface area (Å²) >= 11 is 0. The Kier molecular flexibility index (Phi) is 7.38. The minimum Gasteiger partial charge on any atom is -0.376 e. The summed E-state index contributed by atoms with van der Waals surface area (Å²) < 4.78 is 29.0. The molecule has 1 saturated carbocycles. The number of hydrogen-bond donors (Lipinski definition) is 1. The Morgan fingerprint density at radius 1 is 0.861 bits per heavy atom. The molecule has 2 fully saturated rings. The summed E-state index contributed by atoms with van der Waals surface area (Å²) in [5.74, 6) is -0.00297. The quantitative estimate of drug-likeness (QED) is 0.526. The topological polar surface area (TPSA) is 87.5 Å². The molecule has 36 heavy (non-hydrogen) atoms. The number of nitrogens with one attached hydrogen (secondary N) is 1. The van der Waals surface area contributed by atoms with Crippen LogP contribution in [0, 0.1) is 0 Å². The number of rotatable bonds is 7. The summed E-state index contributed by atoms with van der Waals surface area (Å²) in [7, 11) is -3.42. The fourth-order valence-electron chi connectivity index (χ4n) is 5.11. The van der Waals surface area contributed by atoms with Crippen LogP contribution in [0.1, 0.15) is 37.7 Å². The molecule has 2 heterocycles. The highest BCUT2D eigenvalue weighted by molar-refractivity contribution is 7.88. The van der Waals surface area contributed by atoms with Gasteiger partial charge in [-0.2, -0.15) is 14.1 Å². The van der Waals surface area contributed by atoms with Gasteiger partial charge in [0.2, 0.25) is 10.0 Å². The highest BCUT2D eigenvalue weighted by atomic mass is 32.2. The van der Waals surface area contributed by atoms with Crippen molar-refractivity contribution in [1.82, 2.24) is 14.1 Å². The van der Waals surface area contributed by atoms with Gasteiger partial charge < -0.3 is 10.2 Å². The van der Waals surface area contributed by atoms with Crippen LogP contribution in [-0.4, -0.2) is 54.7 Å². The van der Waals surface area contributed by atoms with Crippen LogP contribution in [0.4, 0.5) is 11.4 Å². The van der Waals surface area contributed by atoms with Crippen LogP contribution in [0.5, 0.6) is 0 Å². The monoisotopic (exact) mass is 507 g/mol. The molecule has 1 saturated heterocycles. The molecule has 1 N–H and O–H groups in total. The SMILES string of the molecule is O=c1c(NC2CCCCC2)c(N2CCN(S(=O)(=O)Cc3ccccc3)CC2)cnn1-c1ccccc1. The highest BCUT2D eigenvalue weighted by Gasteiger charge is 2.29. The van der Waals surface area contributed by atoms with Gasteiger partial charge in [0.25, 0.3) is 5.56 Å². The van der Waals surface area contributed by atoms with Crippen LogP contribution in [0.25, 0.3) is 5.69 Å². The van der Waals surface area contributed by atoms with Crippen LogP contribution in [0.15, 0.2) is 71.7 Å². The zero-order chi connectivity index (χ0) is 25.0. The Balaban J connectivity index is 1.38. The van der Waals surface area contributed by atoms with Gasteiger partial charge in [0.15, 0.2) is 0 Å². The van der Waals surface area contributed by atoms with Crippen LogP contribution >= 0.6 is 0 Å². The third kappa shape index (κ3) is 5.47. The highest BCUT2D eigenvalue weighted by Crippen LogP contribution is 2.28. The minimum atomic E-state index is -3.42. The van der Waals surface area contributed by atoms with E-state index in [1.165, 1.54) is 11.1 Å². The second-order valence-electron chi connectivity index (χ2n) is 9.56. The van der Waals surface area contributed by atoms with Gasteiger partial charge >= 0.3 is 0 Å². The second kappa shape index (κ2) is 10.8. The van der Waals surface area contributed by atoms with Crippen molar-refractivity contribution < 1.29 is 8.42 Å². The fraction of sp³-hybridized carbons (Fsp3) is 0.407. The Morgan fingerprint density at radius 3 is 2.17 bits per heavy atom. The van der Waals surface area contributed by atoms with E-state index in [1.54, 1.807) is 10.5 Å². The van der Waals surface area contributed by atoms with E-state index in [0.717, 1.165) is 42.6 Å². The summed E-state index contributed by atoms with van der Waals surface area (Å²) in [6.07, 6.45) is 7.37. The van der Waals surface area contributed by atoms with E-state index >= 15 is 0 Å². The molecule has 190 valence electrons. The first-order chi connectivity index (χ1) is 17.5. The lowest BCUT2D eigenvalue weighted by molar-refractivity contribution is 0.384. The molecule has 2 aliphatic rings. The maximum Gasteiger partial charge on any atom is 0.296 e. The predicted molar refractivity (Wildman–Crippen MR) is 143 cm³/mol. The molecule has 2 aromatic carbocycles. The lowest BCUT2D eigenvalue weighted by atomic mass is 9.95. The zero-order valence-electron chi connectivity index (χ0n) is 20.4. The number of benzene rings is 2. The maximum absolute atomic E-state index is 13.6. The Labute approximate surface area is 212 Å². The molecular weight excluding hydrogens is 474 g/mol. The van der Waals surface area contributed by atoms with Gasteiger partial charge in [0, 0.05) is 32.2 Å². The molecule has 0 atom stereocenters. The Bertz CT molecular complexity index is 1310. The van der Waals surface area contributed by atoms with E-state index in [9.17, 15) is 13.2 Å². The van der Waals surface area contributed by atoms with Gasteiger partial charge in [-0.1, -0.05) is 67.8 Å². The molecule has 3 aromatic rings. The summed E-state index contributed by atoms with van der Waals surface area (Å²) in [6.45, 7) is 1.76. The third-order valence-corrected chi connectivity index (χ3v) is 8.93. The van der Waals surface area contributed by atoms with Crippen LogP contribution in [0.2, 0.25) is 0 Å². The van der Waals surface area contributed by atoms with Crippen molar-refractivity contribution in [1.29, 1.82) is 0 Å². The van der Waals surface area contributed by atoms with E-state index in [0.29, 0.717) is 31.9 Å². The lowest BCUT2D eigenvalue weighted by Gasteiger charge is -2.36. The molecule has 9 heteroatoms. The van der Waals surface area contributed by atoms with Crippen molar-refractivity contribution in [2.45, 2.75) is 43.9 Å². The van der Waals surface area contributed by atoms with Crippen LogP contribution < -0.4 is 15.8 Å². The second-order valence-corrected chi connectivity index (χ2v) is 11.5. The number of piperazine rings is 1. The molecule has 0 spiro atoms. The molecule has 0 unspecified atom stereocenters. The van der Waals surface area contributed by atoms with Gasteiger partial charge in [0.1, 0.15) is 5.69 Å². The molecular formula is C27H33N5O3S. The maximum atomic E-state index is 13.6. The summed E-state index contributed by atoms with van der Waals surface area (Å²) in [5, 5.41) is 8.04. The molecule has 5 rings (SSSR count). The average molecular weight is 508 g/mol. The largest absolute Gasteiger partial charge is 0.376 e. The van der Waals surface area contributed by atoms with Crippen LogP contribution in [-0.2, 0) is 15.8 Å². The van der Waals surface area contributed by atoms with Gasteiger partial charge in [-0.05, 0) is 30.5 Å². The molecule has 1 aliphatic heterocycles. The molecule has 8 nitrogen and oxygen atoms in total. The van der Waals surface area contributed by atoms with Gasteiger partial charge in [0.05, 0.1) is 23.3 Å². The number of hydrogen-bond acceptors (Lipinski definition) is 6. The average Bonchev–Trinajstić information content (AvgIpc) is 2.91. The van der Waals surface area contributed by atoms with Gasteiger partial charge in [-0.3, -0.25) is 4.79 Å². The Morgan fingerprint density at radius 2 is 1.50 bits per heavy atom. The molecule has 1 aromatic heterocycles. The van der Waals surface area contributed by atoms with E-state index in [-0.39, 0.29) is 17.4 Å². The first-order valence-corrected chi connectivity index (χ1v) is 14.3. The van der Waals surface area contributed by atoms with E-state index in [1.807, 2.05) is 60.7 Å². The van der Waals surface area contributed by atoms with Crippen molar-refractivity contribution in [3.05, 3.63) is 82.8 Å². The summed E-state index contributed by atoms with van der Waals surface area (Å²) in [5.41, 5.74) is 2.63. The molecule has 1 aliphatic carbocycles. The first kappa shape index (κ1) is 24.5. The smallest absolute Gasteiger partial charge is 0.296 e. The summed E-state index contributed by atoms with van der Waals surface area (Å²) in [4.78, 5) is 15.7. The van der Waals surface area contributed by atoms with E-state index < -0.39 is 10.0 Å². The number of sulfonamides is 1. The van der Waals surface area contributed by atoms with Gasteiger partial charge in [-0.15, -0.1) is 0 Å². The van der Waals surface area contributed by atoms with Crippen LogP contribution in [0.3, 0.4) is 0 Å². The lowest BCUT2D eigenvalue weighted by Crippen LogP contribution is -2.49. The number of anilines is 2. The van der Waals surface area contributed by atoms with Crippen molar-refractivity contribution in [3.63, 3.8) is 0 Å². The van der Waals surface area contributed by atoms with Crippen molar-refractivity contribution in [2.75, 3.05) is 36.4 Å². The normalized spacial score (nSPS) is 17.7. The zero-order valence-corrected chi connectivity index (χ0v) is 21.2. The summed E-state index contributed by atoms with van der Waals surface area (Å²) in [6, 6.07) is 19.0. The molecule has 0 radical (unpaired) electrons. The fourth-order valence-corrected chi connectivity index (χ4v) is 6.62.